The SMILES string of the molecule is Cc1ccc(C(C)(O)CNCc2cn[nH]c2-c2cccc(Cl)c2)o1. The second-order valence-corrected chi connectivity index (χ2v) is 6.50. The number of halogens is 1. The van der Waals surface area contributed by atoms with Gasteiger partial charge in [-0.15, -0.1) is 0 Å². The molecule has 1 atom stereocenters. The fourth-order valence-electron chi connectivity index (χ4n) is 2.59. The number of aliphatic hydroxyl groups is 1. The van der Waals surface area contributed by atoms with E-state index < -0.39 is 5.60 Å². The highest BCUT2D eigenvalue weighted by molar-refractivity contribution is 6.30. The van der Waals surface area contributed by atoms with Gasteiger partial charge in [-0.05, 0) is 38.1 Å². The summed E-state index contributed by atoms with van der Waals surface area (Å²) >= 11 is 6.05. The topological polar surface area (TPSA) is 74.1 Å². The summed E-state index contributed by atoms with van der Waals surface area (Å²) in [4.78, 5) is 0. The zero-order valence-electron chi connectivity index (χ0n) is 13.6. The number of furan rings is 1. The fourth-order valence-corrected chi connectivity index (χ4v) is 2.78. The molecule has 3 N–H and O–H groups in total. The van der Waals surface area contributed by atoms with Crippen molar-refractivity contribution in [2.24, 2.45) is 0 Å². The number of aromatic amines is 1. The lowest BCUT2D eigenvalue weighted by Crippen LogP contribution is -2.34. The average molecular weight is 346 g/mol. The van der Waals surface area contributed by atoms with E-state index in [0.717, 1.165) is 22.6 Å². The fraction of sp³-hybridized carbons (Fsp3) is 0.278. The van der Waals surface area contributed by atoms with E-state index in [0.29, 0.717) is 23.9 Å². The van der Waals surface area contributed by atoms with Gasteiger partial charge in [0.25, 0.3) is 0 Å². The van der Waals surface area contributed by atoms with Crippen LogP contribution in [0.5, 0.6) is 0 Å². The van der Waals surface area contributed by atoms with E-state index in [2.05, 4.69) is 15.5 Å². The van der Waals surface area contributed by atoms with Gasteiger partial charge in [-0.1, -0.05) is 23.7 Å². The van der Waals surface area contributed by atoms with E-state index >= 15 is 0 Å². The van der Waals surface area contributed by atoms with Gasteiger partial charge in [-0.2, -0.15) is 5.10 Å². The lowest BCUT2D eigenvalue weighted by atomic mass is 10.0. The number of benzene rings is 1. The van der Waals surface area contributed by atoms with E-state index in [9.17, 15) is 5.11 Å². The molecule has 24 heavy (non-hydrogen) atoms. The maximum Gasteiger partial charge on any atom is 0.136 e. The Balaban J connectivity index is 1.67. The van der Waals surface area contributed by atoms with Crippen molar-refractivity contribution in [2.75, 3.05) is 6.54 Å². The van der Waals surface area contributed by atoms with Crippen molar-refractivity contribution in [1.82, 2.24) is 15.5 Å². The zero-order chi connectivity index (χ0) is 17.2. The molecular weight excluding hydrogens is 326 g/mol. The van der Waals surface area contributed by atoms with Crippen molar-refractivity contribution in [3.8, 4) is 11.3 Å². The van der Waals surface area contributed by atoms with Crippen molar-refractivity contribution < 1.29 is 9.52 Å². The van der Waals surface area contributed by atoms with Gasteiger partial charge in [0.2, 0.25) is 0 Å². The molecule has 0 spiro atoms. The minimum Gasteiger partial charge on any atom is -0.463 e. The van der Waals surface area contributed by atoms with Gasteiger partial charge in [-0.3, -0.25) is 5.10 Å². The van der Waals surface area contributed by atoms with Gasteiger partial charge in [0.05, 0.1) is 11.9 Å². The zero-order valence-corrected chi connectivity index (χ0v) is 14.4. The largest absolute Gasteiger partial charge is 0.463 e. The van der Waals surface area contributed by atoms with Crippen molar-refractivity contribution in [3.05, 3.63) is 64.7 Å². The molecule has 0 saturated carbocycles. The second kappa shape index (κ2) is 6.81. The molecule has 3 aromatic rings. The lowest BCUT2D eigenvalue weighted by Gasteiger charge is -2.21. The van der Waals surface area contributed by atoms with Crippen LogP contribution in [-0.2, 0) is 12.1 Å². The minimum absolute atomic E-state index is 0.361. The van der Waals surface area contributed by atoms with Crippen LogP contribution in [0.25, 0.3) is 11.3 Å². The smallest absolute Gasteiger partial charge is 0.136 e. The molecule has 2 heterocycles. The summed E-state index contributed by atoms with van der Waals surface area (Å²) in [6.45, 7) is 4.51. The van der Waals surface area contributed by atoms with Crippen molar-refractivity contribution >= 4 is 11.6 Å². The molecule has 0 saturated heterocycles. The third-order valence-corrected chi connectivity index (χ3v) is 4.12. The lowest BCUT2D eigenvalue weighted by molar-refractivity contribution is 0.0333. The average Bonchev–Trinajstić information content (AvgIpc) is 3.16. The Morgan fingerprint density at radius 3 is 2.88 bits per heavy atom. The highest BCUT2D eigenvalue weighted by atomic mass is 35.5. The summed E-state index contributed by atoms with van der Waals surface area (Å²) in [6.07, 6.45) is 1.77. The van der Waals surface area contributed by atoms with E-state index in [1.807, 2.05) is 37.3 Å². The first-order valence-corrected chi connectivity index (χ1v) is 8.12. The van der Waals surface area contributed by atoms with Gasteiger partial charge >= 0.3 is 0 Å². The third-order valence-electron chi connectivity index (χ3n) is 3.89. The normalized spacial score (nSPS) is 13.8. The van der Waals surface area contributed by atoms with Gasteiger partial charge in [-0.25, -0.2) is 0 Å². The molecular formula is C18H20ClN3O2. The Labute approximate surface area is 145 Å². The molecule has 0 amide bonds. The quantitative estimate of drug-likeness (QED) is 0.637. The first-order valence-electron chi connectivity index (χ1n) is 7.74. The van der Waals surface area contributed by atoms with Crippen molar-refractivity contribution in [1.29, 1.82) is 0 Å². The van der Waals surface area contributed by atoms with Crippen molar-refractivity contribution in [3.63, 3.8) is 0 Å². The Kier molecular flexibility index (Phi) is 4.76. The second-order valence-electron chi connectivity index (χ2n) is 6.07. The van der Waals surface area contributed by atoms with Crippen LogP contribution in [0.3, 0.4) is 0 Å². The van der Waals surface area contributed by atoms with Crippen LogP contribution in [0.1, 0.15) is 24.0 Å². The number of hydrogen-bond acceptors (Lipinski definition) is 4. The predicted molar refractivity (Wildman–Crippen MR) is 93.8 cm³/mol. The molecule has 0 aliphatic carbocycles. The van der Waals surface area contributed by atoms with E-state index in [1.54, 1.807) is 19.2 Å². The summed E-state index contributed by atoms with van der Waals surface area (Å²) in [7, 11) is 0. The molecule has 1 unspecified atom stereocenters. The number of rotatable bonds is 6. The van der Waals surface area contributed by atoms with E-state index in [-0.39, 0.29) is 0 Å². The summed E-state index contributed by atoms with van der Waals surface area (Å²) in [5.74, 6) is 1.33. The molecule has 0 radical (unpaired) electrons. The highest BCUT2D eigenvalue weighted by Crippen LogP contribution is 2.25. The number of hydrogen-bond donors (Lipinski definition) is 3. The number of aromatic nitrogens is 2. The van der Waals surface area contributed by atoms with Gasteiger partial charge in [0.1, 0.15) is 17.1 Å². The molecule has 6 heteroatoms. The number of H-pyrrole nitrogens is 1. The van der Waals surface area contributed by atoms with Gasteiger partial charge in [0, 0.05) is 29.2 Å². The number of aryl methyl sites for hydroxylation is 1. The maximum atomic E-state index is 10.6. The summed E-state index contributed by atoms with van der Waals surface area (Å²) in [5.41, 5.74) is 1.82. The van der Waals surface area contributed by atoms with Crippen LogP contribution >= 0.6 is 11.6 Å². The van der Waals surface area contributed by atoms with Crippen molar-refractivity contribution in [2.45, 2.75) is 26.0 Å². The third kappa shape index (κ3) is 3.70. The van der Waals surface area contributed by atoms with E-state index in [4.69, 9.17) is 16.0 Å². The first-order chi connectivity index (χ1) is 11.5. The molecule has 0 bridgehead atoms. The van der Waals surface area contributed by atoms with Gasteiger partial charge in [0.15, 0.2) is 0 Å². The van der Waals surface area contributed by atoms with E-state index in [1.165, 1.54) is 0 Å². The molecule has 2 aromatic heterocycles. The van der Waals surface area contributed by atoms with Gasteiger partial charge < -0.3 is 14.8 Å². The van der Waals surface area contributed by atoms with Crippen LogP contribution in [-0.4, -0.2) is 21.8 Å². The number of nitrogens with one attached hydrogen (secondary N) is 2. The Morgan fingerprint density at radius 1 is 1.33 bits per heavy atom. The van der Waals surface area contributed by atoms with Crippen LogP contribution in [0.4, 0.5) is 0 Å². The van der Waals surface area contributed by atoms with Crippen LogP contribution in [0.2, 0.25) is 5.02 Å². The summed E-state index contributed by atoms with van der Waals surface area (Å²) in [6, 6.07) is 11.2. The molecule has 126 valence electrons. The molecule has 0 fully saturated rings. The summed E-state index contributed by atoms with van der Waals surface area (Å²) < 4.78 is 5.52. The highest BCUT2D eigenvalue weighted by Gasteiger charge is 2.26. The Hall–Kier alpha value is -2.08. The molecule has 3 rings (SSSR count). The molecule has 5 nitrogen and oxygen atoms in total. The Bertz CT molecular complexity index is 823. The molecule has 1 aromatic carbocycles. The van der Waals surface area contributed by atoms with Crippen LogP contribution in [0, 0.1) is 6.92 Å². The standard InChI is InChI=1S/C18H20ClN3O2/c1-12-6-7-16(24-12)18(2,23)11-20-9-14-10-21-22-17(14)13-4-3-5-15(19)8-13/h3-8,10,20,23H,9,11H2,1-2H3,(H,21,22). The summed E-state index contributed by atoms with van der Waals surface area (Å²) in [5, 5.41) is 21.6. The minimum atomic E-state index is -1.08. The number of nitrogens with zero attached hydrogens (tertiary/aromatic N) is 1. The molecule has 0 aliphatic heterocycles. The van der Waals surface area contributed by atoms with Crippen LogP contribution in [0.15, 0.2) is 47.0 Å². The first kappa shape index (κ1) is 16.8. The van der Waals surface area contributed by atoms with Crippen LogP contribution < -0.4 is 5.32 Å². The Morgan fingerprint density at radius 2 is 2.17 bits per heavy atom. The predicted octanol–water partition coefficient (Wildman–Crippen LogP) is 3.63. The maximum absolute atomic E-state index is 10.6. The molecule has 0 aliphatic rings. The monoisotopic (exact) mass is 345 g/mol.